The number of amides is 2. The van der Waals surface area contributed by atoms with E-state index in [1.807, 2.05) is 39.8 Å². The van der Waals surface area contributed by atoms with Gasteiger partial charge in [-0.3, -0.25) is 9.89 Å². The molecule has 0 radical (unpaired) electrons. The molecule has 2 rings (SSSR count). The Kier molecular flexibility index (Phi) is 5.48. The fourth-order valence-electron chi connectivity index (χ4n) is 2.46. The van der Waals surface area contributed by atoms with Gasteiger partial charge in [0.15, 0.2) is 5.69 Å². The zero-order chi connectivity index (χ0) is 17.9. The van der Waals surface area contributed by atoms with Gasteiger partial charge >= 0.3 is 6.09 Å². The second-order valence-corrected chi connectivity index (χ2v) is 7.24. The van der Waals surface area contributed by atoms with Gasteiger partial charge in [0, 0.05) is 25.2 Å². The maximum absolute atomic E-state index is 12.2. The Hall–Kier alpha value is -2.09. The standard InChI is InChI=1S/C16H27N5O3/c1-16(2,3)24-15(23)21-8-6-11-12(10-21)18-19-13(11)14(22)17-7-9-20(4)5/h6-10H2,1-5H3,(H,17,22)(H,18,19). The van der Waals surface area contributed by atoms with E-state index in [1.54, 1.807) is 4.90 Å². The third-order valence-electron chi connectivity index (χ3n) is 3.64. The third kappa shape index (κ3) is 4.70. The number of hydrogen-bond donors (Lipinski definition) is 2. The van der Waals surface area contributed by atoms with Crippen molar-refractivity contribution in [3.05, 3.63) is 17.0 Å². The van der Waals surface area contributed by atoms with Gasteiger partial charge in [0.1, 0.15) is 5.60 Å². The van der Waals surface area contributed by atoms with Gasteiger partial charge < -0.3 is 19.9 Å². The van der Waals surface area contributed by atoms with Crippen LogP contribution in [0.4, 0.5) is 4.79 Å². The van der Waals surface area contributed by atoms with Gasteiger partial charge in [0.2, 0.25) is 0 Å². The molecular formula is C16H27N5O3. The van der Waals surface area contributed by atoms with Crippen molar-refractivity contribution >= 4 is 12.0 Å². The second-order valence-electron chi connectivity index (χ2n) is 7.24. The van der Waals surface area contributed by atoms with Gasteiger partial charge in [-0.15, -0.1) is 0 Å². The number of ether oxygens (including phenoxy) is 1. The number of hydrogen-bond acceptors (Lipinski definition) is 5. The van der Waals surface area contributed by atoms with Gasteiger partial charge in [-0.25, -0.2) is 4.79 Å². The van der Waals surface area contributed by atoms with Crippen LogP contribution in [-0.2, 0) is 17.7 Å². The summed E-state index contributed by atoms with van der Waals surface area (Å²) >= 11 is 0. The monoisotopic (exact) mass is 337 g/mol. The summed E-state index contributed by atoms with van der Waals surface area (Å²) < 4.78 is 5.39. The van der Waals surface area contributed by atoms with E-state index in [0.29, 0.717) is 31.7 Å². The lowest BCUT2D eigenvalue weighted by atomic mass is 10.0. The van der Waals surface area contributed by atoms with Crippen LogP contribution in [-0.4, -0.2) is 71.3 Å². The van der Waals surface area contributed by atoms with Gasteiger partial charge in [-0.1, -0.05) is 0 Å². The van der Waals surface area contributed by atoms with Crippen LogP contribution in [0.15, 0.2) is 0 Å². The molecule has 8 heteroatoms. The first-order valence-electron chi connectivity index (χ1n) is 8.14. The maximum Gasteiger partial charge on any atom is 0.410 e. The first kappa shape index (κ1) is 18.3. The Labute approximate surface area is 142 Å². The predicted molar refractivity (Wildman–Crippen MR) is 89.8 cm³/mol. The Morgan fingerprint density at radius 1 is 1.38 bits per heavy atom. The molecule has 0 saturated heterocycles. The number of rotatable bonds is 4. The molecule has 134 valence electrons. The average molecular weight is 337 g/mol. The molecule has 0 atom stereocenters. The minimum Gasteiger partial charge on any atom is -0.444 e. The summed E-state index contributed by atoms with van der Waals surface area (Å²) in [5.41, 5.74) is 1.58. The number of carbonyl (C=O) groups excluding carboxylic acids is 2. The fraction of sp³-hybridized carbons (Fsp3) is 0.688. The molecule has 0 fully saturated rings. The van der Waals surface area contributed by atoms with E-state index in [-0.39, 0.29) is 12.0 Å². The molecule has 1 aliphatic heterocycles. The lowest BCUT2D eigenvalue weighted by Crippen LogP contribution is -2.40. The van der Waals surface area contributed by atoms with E-state index in [0.717, 1.165) is 17.8 Å². The van der Waals surface area contributed by atoms with E-state index in [1.165, 1.54) is 0 Å². The van der Waals surface area contributed by atoms with E-state index in [2.05, 4.69) is 15.5 Å². The van der Waals surface area contributed by atoms with E-state index in [4.69, 9.17) is 4.74 Å². The highest BCUT2D eigenvalue weighted by atomic mass is 16.6. The highest BCUT2D eigenvalue weighted by molar-refractivity contribution is 5.94. The molecular weight excluding hydrogens is 310 g/mol. The van der Waals surface area contributed by atoms with Crippen LogP contribution in [0.25, 0.3) is 0 Å². The Balaban J connectivity index is 1.98. The zero-order valence-electron chi connectivity index (χ0n) is 15.1. The molecule has 2 heterocycles. The topological polar surface area (TPSA) is 90.6 Å². The highest BCUT2D eigenvalue weighted by Crippen LogP contribution is 2.22. The normalized spacial score (nSPS) is 14.5. The summed E-state index contributed by atoms with van der Waals surface area (Å²) in [7, 11) is 3.90. The molecule has 1 aliphatic rings. The quantitative estimate of drug-likeness (QED) is 0.855. The second kappa shape index (κ2) is 7.21. The lowest BCUT2D eigenvalue weighted by molar-refractivity contribution is 0.0221. The van der Waals surface area contributed by atoms with Crippen molar-refractivity contribution in [3.63, 3.8) is 0 Å². The molecule has 0 bridgehead atoms. The minimum absolute atomic E-state index is 0.180. The highest BCUT2D eigenvalue weighted by Gasteiger charge is 2.29. The first-order valence-corrected chi connectivity index (χ1v) is 8.14. The van der Waals surface area contributed by atoms with Crippen molar-refractivity contribution in [1.29, 1.82) is 0 Å². The Morgan fingerprint density at radius 2 is 2.08 bits per heavy atom. The average Bonchev–Trinajstić information content (AvgIpc) is 2.87. The molecule has 1 aromatic rings. The van der Waals surface area contributed by atoms with Crippen molar-refractivity contribution in [2.75, 3.05) is 33.7 Å². The molecule has 1 aromatic heterocycles. The van der Waals surface area contributed by atoms with Gasteiger partial charge in [-0.2, -0.15) is 5.10 Å². The van der Waals surface area contributed by atoms with Crippen molar-refractivity contribution in [3.8, 4) is 0 Å². The number of fused-ring (bicyclic) bond motifs is 1. The van der Waals surface area contributed by atoms with Crippen LogP contribution < -0.4 is 5.32 Å². The number of nitrogens with zero attached hydrogens (tertiary/aromatic N) is 3. The van der Waals surface area contributed by atoms with Gasteiger partial charge in [0.25, 0.3) is 5.91 Å². The van der Waals surface area contributed by atoms with Gasteiger partial charge in [-0.05, 0) is 41.3 Å². The van der Waals surface area contributed by atoms with Gasteiger partial charge in [0.05, 0.1) is 12.2 Å². The third-order valence-corrected chi connectivity index (χ3v) is 3.64. The summed E-state index contributed by atoms with van der Waals surface area (Å²) in [6.45, 7) is 7.75. The number of H-pyrrole nitrogens is 1. The minimum atomic E-state index is -0.525. The SMILES string of the molecule is CN(C)CCNC(=O)c1n[nH]c2c1CCN(C(=O)OC(C)(C)C)C2. The van der Waals surface area contributed by atoms with Crippen LogP contribution >= 0.6 is 0 Å². The first-order chi connectivity index (χ1) is 11.2. The molecule has 0 aromatic carbocycles. The molecule has 2 N–H and O–H groups in total. The largest absolute Gasteiger partial charge is 0.444 e. The summed E-state index contributed by atoms with van der Waals surface area (Å²) in [4.78, 5) is 28.0. The molecule has 24 heavy (non-hydrogen) atoms. The van der Waals surface area contributed by atoms with Crippen molar-refractivity contribution in [2.45, 2.75) is 39.3 Å². The number of likely N-dealkylation sites (N-methyl/N-ethyl adjacent to an activating group) is 1. The van der Waals surface area contributed by atoms with Crippen LogP contribution in [0.3, 0.4) is 0 Å². The molecule has 0 aliphatic carbocycles. The van der Waals surface area contributed by atoms with E-state index in [9.17, 15) is 9.59 Å². The summed E-state index contributed by atoms with van der Waals surface area (Å²) in [5.74, 6) is -0.180. The number of aromatic nitrogens is 2. The van der Waals surface area contributed by atoms with Crippen molar-refractivity contribution in [1.82, 2.24) is 25.3 Å². The molecule has 0 saturated carbocycles. The number of carbonyl (C=O) groups is 2. The summed E-state index contributed by atoms with van der Waals surface area (Å²) in [6, 6.07) is 0. The lowest BCUT2D eigenvalue weighted by Gasteiger charge is -2.29. The molecule has 0 spiro atoms. The fourth-order valence-corrected chi connectivity index (χ4v) is 2.46. The summed E-state index contributed by atoms with van der Waals surface area (Å²) in [5, 5.41) is 9.88. The van der Waals surface area contributed by atoms with Crippen LogP contribution in [0.2, 0.25) is 0 Å². The maximum atomic E-state index is 12.2. The van der Waals surface area contributed by atoms with E-state index >= 15 is 0 Å². The van der Waals surface area contributed by atoms with Crippen LogP contribution in [0.5, 0.6) is 0 Å². The Bertz CT molecular complexity index is 603. The van der Waals surface area contributed by atoms with Crippen molar-refractivity contribution in [2.24, 2.45) is 0 Å². The molecule has 8 nitrogen and oxygen atoms in total. The smallest absolute Gasteiger partial charge is 0.410 e. The van der Waals surface area contributed by atoms with Crippen molar-refractivity contribution < 1.29 is 14.3 Å². The molecule has 0 unspecified atom stereocenters. The summed E-state index contributed by atoms with van der Waals surface area (Å²) in [6.07, 6.45) is 0.237. The zero-order valence-corrected chi connectivity index (χ0v) is 15.1. The molecule has 2 amide bonds. The number of nitrogens with one attached hydrogen (secondary N) is 2. The van der Waals surface area contributed by atoms with E-state index < -0.39 is 5.60 Å². The predicted octanol–water partition coefficient (Wildman–Crippen LogP) is 0.994. The van der Waals surface area contributed by atoms with Crippen LogP contribution in [0.1, 0.15) is 42.5 Å². The van der Waals surface area contributed by atoms with Crippen LogP contribution in [0, 0.1) is 0 Å². The Morgan fingerprint density at radius 3 is 2.71 bits per heavy atom. The number of aromatic amines is 1.